The van der Waals surface area contributed by atoms with Gasteiger partial charge in [0.2, 0.25) is 0 Å². The average molecular weight is 471 g/mol. The summed E-state index contributed by atoms with van der Waals surface area (Å²) >= 11 is 0. The smallest absolute Gasteiger partial charge is 0.419 e. The maximum absolute atomic E-state index is 13.1. The number of carboxylic acids is 1. The number of hydrogen-bond donors (Lipinski definition) is 1. The van der Waals surface area contributed by atoms with Gasteiger partial charge in [-0.25, -0.2) is 9.69 Å². The lowest BCUT2D eigenvalue weighted by atomic mass is 10.00. The second-order valence-corrected chi connectivity index (χ2v) is 8.10. The second-order valence-electron chi connectivity index (χ2n) is 8.10. The zero-order chi connectivity index (χ0) is 24.9. The lowest BCUT2D eigenvalue weighted by Gasteiger charge is -2.23. The van der Waals surface area contributed by atoms with Crippen LogP contribution < -0.4 is 4.90 Å². The summed E-state index contributed by atoms with van der Waals surface area (Å²) in [7, 11) is 0. The van der Waals surface area contributed by atoms with Gasteiger partial charge in [-0.1, -0.05) is 71.9 Å². The highest BCUT2D eigenvalue weighted by Gasteiger charge is 2.29. The lowest BCUT2D eigenvalue weighted by molar-refractivity contribution is -0.136. The number of aliphatic carboxylic acids is 1. The molecule has 7 heteroatoms. The van der Waals surface area contributed by atoms with E-state index in [0.29, 0.717) is 22.8 Å². The van der Waals surface area contributed by atoms with Crippen LogP contribution in [0.1, 0.15) is 23.8 Å². The normalized spacial score (nSPS) is 10.7. The molecule has 0 fully saturated rings. The number of carboxylic acid groups (broad SMARTS) is 1. The summed E-state index contributed by atoms with van der Waals surface area (Å²) in [5.74, 6) is -0.363. The molecule has 1 N–H and O–H groups in total. The van der Waals surface area contributed by atoms with Crippen LogP contribution in [0.15, 0.2) is 77.3 Å². The van der Waals surface area contributed by atoms with Gasteiger partial charge in [0, 0.05) is 5.56 Å². The molecule has 0 saturated heterocycles. The van der Waals surface area contributed by atoms with Crippen molar-refractivity contribution < 1.29 is 24.0 Å². The Bertz CT molecular complexity index is 1340. The number of anilines is 2. The lowest BCUT2D eigenvalue weighted by Crippen LogP contribution is -2.28. The molecule has 0 saturated carbocycles. The molecule has 1 heterocycles. The van der Waals surface area contributed by atoms with Crippen LogP contribution >= 0.6 is 0 Å². The minimum absolute atomic E-state index is 0.00857. The molecule has 7 nitrogen and oxygen atoms in total. The van der Waals surface area contributed by atoms with E-state index in [4.69, 9.17) is 14.4 Å². The first-order chi connectivity index (χ1) is 16.9. The minimum Gasteiger partial charge on any atom is -0.481 e. The molecular formula is C28H26N2O5. The number of hydrogen-bond acceptors (Lipinski definition) is 5. The highest BCUT2D eigenvalue weighted by atomic mass is 16.6. The third-order valence-corrected chi connectivity index (χ3v) is 5.66. The van der Waals surface area contributed by atoms with E-state index in [0.717, 1.165) is 27.8 Å². The Morgan fingerprint density at radius 2 is 1.51 bits per heavy atom. The molecule has 1 amide bonds. The standard InChI is InChI=1S/C28H26N2O5/c1-4-34-28(33)30(24-8-6-5-7-18(24)2)27-19(3)35-29-26(27)23-15-13-22(14-16-23)21-11-9-20(10-12-21)17-25(31)32/h5-16H,4,17H2,1-3H3,(H,31,32). The molecule has 0 spiro atoms. The van der Waals surface area contributed by atoms with E-state index in [1.165, 1.54) is 4.90 Å². The number of benzene rings is 3. The van der Waals surface area contributed by atoms with Crippen LogP contribution in [0.3, 0.4) is 0 Å². The summed E-state index contributed by atoms with van der Waals surface area (Å²) in [6.45, 7) is 5.70. The van der Waals surface area contributed by atoms with E-state index in [9.17, 15) is 9.59 Å². The molecule has 0 unspecified atom stereocenters. The molecular weight excluding hydrogens is 444 g/mol. The first kappa shape index (κ1) is 23.8. The third-order valence-electron chi connectivity index (χ3n) is 5.66. The Hall–Kier alpha value is -4.39. The molecule has 0 aliphatic carbocycles. The van der Waals surface area contributed by atoms with Crippen LogP contribution in [-0.2, 0) is 16.0 Å². The third kappa shape index (κ3) is 5.09. The summed E-state index contributed by atoms with van der Waals surface area (Å²) in [6.07, 6.45) is -0.516. The Balaban J connectivity index is 1.71. The summed E-state index contributed by atoms with van der Waals surface area (Å²) in [4.78, 5) is 25.5. The van der Waals surface area contributed by atoms with Crippen LogP contribution in [0.25, 0.3) is 22.4 Å². The fourth-order valence-electron chi connectivity index (χ4n) is 3.94. The molecule has 1 aromatic heterocycles. The zero-order valence-corrected chi connectivity index (χ0v) is 19.8. The first-order valence-corrected chi connectivity index (χ1v) is 11.3. The SMILES string of the molecule is CCOC(=O)N(c1ccccc1C)c1c(-c2ccc(-c3ccc(CC(=O)O)cc3)cc2)noc1C. The first-order valence-electron chi connectivity index (χ1n) is 11.3. The number of aromatic nitrogens is 1. The van der Waals surface area contributed by atoms with Crippen LogP contribution in [0.2, 0.25) is 0 Å². The van der Waals surface area contributed by atoms with E-state index in [-0.39, 0.29) is 13.0 Å². The second kappa shape index (κ2) is 10.3. The number of carbonyl (C=O) groups excluding carboxylic acids is 1. The van der Waals surface area contributed by atoms with Crippen molar-refractivity contribution in [3.63, 3.8) is 0 Å². The van der Waals surface area contributed by atoms with E-state index in [1.807, 2.05) is 79.7 Å². The van der Waals surface area contributed by atoms with Gasteiger partial charge in [-0.15, -0.1) is 0 Å². The van der Waals surface area contributed by atoms with Gasteiger partial charge >= 0.3 is 12.1 Å². The van der Waals surface area contributed by atoms with E-state index >= 15 is 0 Å². The van der Waals surface area contributed by atoms with Crippen molar-refractivity contribution in [3.05, 3.63) is 89.7 Å². The molecule has 35 heavy (non-hydrogen) atoms. The van der Waals surface area contributed by atoms with Crippen molar-refractivity contribution in [1.82, 2.24) is 5.16 Å². The largest absolute Gasteiger partial charge is 0.481 e. The van der Waals surface area contributed by atoms with Gasteiger partial charge in [0.1, 0.15) is 11.4 Å². The maximum Gasteiger partial charge on any atom is 0.419 e. The number of aryl methyl sites for hydroxylation is 2. The zero-order valence-electron chi connectivity index (χ0n) is 19.8. The van der Waals surface area contributed by atoms with Crippen molar-refractivity contribution >= 4 is 23.4 Å². The maximum atomic E-state index is 13.1. The quantitative estimate of drug-likeness (QED) is 0.329. The van der Waals surface area contributed by atoms with Crippen LogP contribution in [0.4, 0.5) is 16.2 Å². The van der Waals surface area contributed by atoms with E-state index in [1.54, 1.807) is 13.8 Å². The predicted octanol–water partition coefficient (Wildman–Crippen LogP) is 6.55. The summed E-state index contributed by atoms with van der Waals surface area (Å²) in [5.41, 5.74) is 6.13. The molecule has 0 aliphatic rings. The van der Waals surface area contributed by atoms with E-state index < -0.39 is 12.1 Å². The number of carbonyl (C=O) groups is 2. The summed E-state index contributed by atoms with van der Waals surface area (Å²) in [5, 5.41) is 13.2. The van der Waals surface area contributed by atoms with Crippen molar-refractivity contribution in [2.75, 3.05) is 11.5 Å². The molecule has 4 rings (SSSR count). The van der Waals surface area contributed by atoms with Gasteiger partial charge in [-0.2, -0.15) is 0 Å². The molecule has 3 aromatic carbocycles. The highest BCUT2D eigenvalue weighted by Crippen LogP contribution is 2.39. The predicted molar refractivity (Wildman–Crippen MR) is 134 cm³/mol. The van der Waals surface area contributed by atoms with Gasteiger partial charge in [0.05, 0.1) is 18.7 Å². The summed E-state index contributed by atoms with van der Waals surface area (Å²) in [6, 6.07) is 22.8. The Morgan fingerprint density at radius 1 is 0.914 bits per heavy atom. The fourth-order valence-corrected chi connectivity index (χ4v) is 3.94. The minimum atomic E-state index is -0.858. The number of nitrogens with zero attached hydrogens (tertiary/aromatic N) is 2. The van der Waals surface area contributed by atoms with Gasteiger partial charge in [0.15, 0.2) is 5.76 Å². The van der Waals surface area contributed by atoms with E-state index in [2.05, 4.69) is 5.16 Å². The van der Waals surface area contributed by atoms with Gasteiger partial charge in [-0.05, 0) is 49.1 Å². The summed E-state index contributed by atoms with van der Waals surface area (Å²) < 4.78 is 10.9. The van der Waals surface area contributed by atoms with Crippen molar-refractivity contribution in [3.8, 4) is 22.4 Å². The molecule has 178 valence electrons. The highest BCUT2D eigenvalue weighted by molar-refractivity contribution is 6.01. The van der Waals surface area contributed by atoms with Crippen molar-refractivity contribution in [1.29, 1.82) is 0 Å². The number of rotatable bonds is 7. The Labute approximate surface area is 203 Å². The topological polar surface area (TPSA) is 92.9 Å². The Morgan fingerprint density at radius 3 is 2.11 bits per heavy atom. The molecule has 0 radical (unpaired) electrons. The van der Waals surface area contributed by atoms with Gasteiger partial charge < -0.3 is 14.4 Å². The van der Waals surface area contributed by atoms with Crippen LogP contribution in [0.5, 0.6) is 0 Å². The Kier molecular flexibility index (Phi) is 6.96. The molecule has 0 aliphatic heterocycles. The molecule has 4 aromatic rings. The van der Waals surface area contributed by atoms with Gasteiger partial charge in [-0.3, -0.25) is 4.79 Å². The fraction of sp³-hybridized carbons (Fsp3) is 0.179. The number of ether oxygens (including phenoxy) is 1. The number of amides is 1. The average Bonchev–Trinajstić information content (AvgIpc) is 3.22. The molecule has 0 bridgehead atoms. The monoisotopic (exact) mass is 470 g/mol. The van der Waals surface area contributed by atoms with Crippen molar-refractivity contribution in [2.45, 2.75) is 27.2 Å². The van der Waals surface area contributed by atoms with Crippen LogP contribution in [-0.4, -0.2) is 28.9 Å². The van der Waals surface area contributed by atoms with Gasteiger partial charge in [0.25, 0.3) is 0 Å². The molecule has 0 atom stereocenters. The van der Waals surface area contributed by atoms with Crippen molar-refractivity contribution in [2.24, 2.45) is 0 Å². The van der Waals surface area contributed by atoms with Crippen LogP contribution in [0, 0.1) is 13.8 Å². The number of para-hydroxylation sites is 1.